The van der Waals surface area contributed by atoms with Crippen LogP contribution >= 0.6 is 0 Å². The summed E-state index contributed by atoms with van der Waals surface area (Å²) in [7, 11) is 1.40. The van der Waals surface area contributed by atoms with E-state index in [0.717, 1.165) is 0 Å². The van der Waals surface area contributed by atoms with Crippen molar-refractivity contribution in [1.82, 2.24) is 9.55 Å². The summed E-state index contributed by atoms with van der Waals surface area (Å²) in [4.78, 5) is 14.5. The first-order valence-electron chi connectivity index (χ1n) is 5.67. The zero-order chi connectivity index (χ0) is 13.8. The van der Waals surface area contributed by atoms with E-state index in [1.54, 1.807) is 16.8 Å². The number of aryl methyl sites for hydroxylation is 1. The van der Waals surface area contributed by atoms with E-state index in [2.05, 4.69) is 4.98 Å². The van der Waals surface area contributed by atoms with E-state index in [0.29, 0.717) is 11.3 Å². The summed E-state index contributed by atoms with van der Waals surface area (Å²) in [5, 5.41) is 8.68. The van der Waals surface area contributed by atoms with Crippen molar-refractivity contribution in [1.29, 1.82) is 0 Å². The Hall–Kier alpha value is -2.37. The van der Waals surface area contributed by atoms with Gasteiger partial charge >= 0.3 is 5.97 Å². The molecule has 0 bridgehead atoms. The van der Waals surface area contributed by atoms with E-state index in [-0.39, 0.29) is 18.7 Å². The standard InChI is InChI=1S/C13H13FN2O3/c1-19-12-3-2-9(6-10(12)14)11-7-15-8-16(11)5-4-13(17)18/h2-3,6-8H,4-5H2,1H3,(H,17,18). The quantitative estimate of drug-likeness (QED) is 0.898. The van der Waals surface area contributed by atoms with Gasteiger partial charge in [0.25, 0.3) is 0 Å². The van der Waals surface area contributed by atoms with Crippen LogP contribution in [0.1, 0.15) is 6.42 Å². The molecule has 0 aliphatic carbocycles. The highest BCUT2D eigenvalue weighted by molar-refractivity contribution is 5.67. The van der Waals surface area contributed by atoms with Crippen molar-refractivity contribution >= 4 is 5.97 Å². The summed E-state index contributed by atoms with van der Waals surface area (Å²) >= 11 is 0. The summed E-state index contributed by atoms with van der Waals surface area (Å²) in [6.45, 7) is 0.290. The van der Waals surface area contributed by atoms with Crippen LogP contribution in [0, 0.1) is 5.82 Å². The van der Waals surface area contributed by atoms with Gasteiger partial charge in [0.05, 0.1) is 31.7 Å². The molecular formula is C13H13FN2O3. The minimum Gasteiger partial charge on any atom is -0.494 e. The van der Waals surface area contributed by atoms with Crippen molar-refractivity contribution in [3.05, 3.63) is 36.5 Å². The van der Waals surface area contributed by atoms with E-state index >= 15 is 0 Å². The van der Waals surface area contributed by atoms with Crippen molar-refractivity contribution in [3.63, 3.8) is 0 Å². The topological polar surface area (TPSA) is 64.4 Å². The number of benzene rings is 1. The Kier molecular flexibility index (Phi) is 3.79. The van der Waals surface area contributed by atoms with Gasteiger partial charge in [-0.15, -0.1) is 0 Å². The fourth-order valence-electron chi connectivity index (χ4n) is 1.78. The van der Waals surface area contributed by atoms with E-state index < -0.39 is 11.8 Å². The average Bonchev–Trinajstić information content (AvgIpc) is 2.84. The van der Waals surface area contributed by atoms with Crippen LogP contribution in [0.2, 0.25) is 0 Å². The van der Waals surface area contributed by atoms with Crippen LogP contribution in [-0.4, -0.2) is 27.7 Å². The van der Waals surface area contributed by atoms with E-state index in [4.69, 9.17) is 9.84 Å². The summed E-state index contributed by atoms with van der Waals surface area (Å²) in [5.74, 6) is -1.19. The van der Waals surface area contributed by atoms with Gasteiger partial charge in [0.1, 0.15) is 0 Å². The lowest BCUT2D eigenvalue weighted by molar-refractivity contribution is -0.137. The lowest BCUT2D eigenvalue weighted by Crippen LogP contribution is -2.04. The lowest BCUT2D eigenvalue weighted by Gasteiger charge is -2.08. The number of carbonyl (C=O) groups is 1. The second-order valence-corrected chi connectivity index (χ2v) is 3.97. The number of hydrogen-bond acceptors (Lipinski definition) is 3. The molecule has 2 rings (SSSR count). The molecule has 0 amide bonds. The Balaban J connectivity index is 2.29. The van der Waals surface area contributed by atoms with Gasteiger partial charge in [0, 0.05) is 12.1 Å². The summed E-state index contributed by atoms with van der Waals surface area (Å²) < 4.78 is 20.2. The predicted molar refractivity (Wildman–Crippen MR) is 66.4 cm³/mol. The lowest BCUT2D eigenvalue weighted by atomic mass is 10.1. The molecule has 19 heavy (non-hydrogen) atoms. The number of methoxy groups -OCH3 is 1. The largest absolute Gasteiger partial charge is 0.494 e. The molecule has 1 aromatic heterocycles. The molecule has 0 unspecified atom stereocenters. The maximum Gasteiger partial charge on any atom is 0.305 e. The number of ether oxygens (including phenoxy) is 1. The maximum atomic E-state index is 13.6. The number of rotatable bonds is 5. The molecule has 1 N–H and O–H groups in total. The molecule has 0 fully saturated rings. The first-order valence-corrected chi connectivity index (χ1v) is 5.67. The van der Waals surface area contributed by atoms with Crippen LogP contribution in [0.5, 0.6) is 5.75 Å². The highest BCUT2D eigenvalue weighted by atomic mass is 19.1. The normalized spacial score (nSPS) is 10.4. The monoisotopic (exact) mass is 264 g/mol. The first-order chi connectivity index (χ1) is 9.11. The van der Waals surface area contributed by atoms with Gasteiger partial charge < -0.3 is 14.4 Å². The van der Waals surface area contributed by atoms with E-state index in [1.807, 2.05) is 0 Å². The fraction of sp³-hybridized carbons (Fsp3) is 0.231. The van der Waals surface area contributed by atoms with Crippen molar-refractivity contribution in [2.45, 2.75) is 13.0 Å². The average molecular weight is 264 g/mol. The summed E-state index contributed by atoms with van der Waals surface area (Å²) in [5.41, 5.74) is 1.30. The number of hydrogen-bond donors (Lipinski definition) is 1. The second-order valence-electron chi connectivity index (χ2n) is 3.97. The number of nitrogens with zero attached hydrogens (tertiary/aromatic N) is 2. The number of imidazole rings is 1. The molecule has 0 aliphatic heterocycles. The molecule has 0 spiro atoms. The van der Waals surface area contributed by atoms with Crippen molar-refractivity contribution in [2.75, 3.05) is 7.11 Å². The Bertz CT molecular complexity index is 595. The minimum absolute atomic E-state index is 0.0119. The summed E-state index contributed by atoms with van der Waals surface area (Å²) in [6.07, 6.45) is 3.09. The zero-order valence-electron chi connectivity index (χ0n) is 10.3. The highest BCUT2D eigenvalue weighted by Gasteiger charge is 2.10. The molecule has 0 radical (unpaired) electrons. The fourth-order valence-corrected chi connectivity index (χ4v) is 1.78. The van der Waals surface area contributed by atoms with Gasteiger partial charge in [-0.25, -0.2) is 9.37 Å². The molecule has 2 aromatic rings. The van der Waals surface area contributed by atoms with Crippen molar-refractivity contribution in [2.24, 2.45) is 0 Å². The van der Waals surface area contributed by atoms with Gasteiger partial charge in [-0.3, -0.25) is 4.79 Å². The molecule has 6 heteroatoms. The number of aliphatic carboxylic acids is 1. The SMILES string of the molecule is COc1ccc(-c2cncn2CCC(=O)O)cc1F. The zero-order valence-corrected chi connectivity index (χ0v) is 10.3. The Morgan fingerprint density at radius 1 is 1.53 bits per heavy atom. The van der Waals surface area contributed by atoms with Crippen LogP contribution in [0.25, 0.3) is 11.3 Å². The molecule has 0 saturated carbocycles. The third-order valence-electron chi connectivity index (χ3n) is 2.73. The second kappa shape index (κ2) is 5.51. The van der Waals surface area contributed by atoms with Gasteiger partial charge in [-0.2, -0.15) is 0 Å². The number of carboxylic acids is 1. The highest BCUT2D eigenvalue weighted by Crippen LogP contribution is 2.25. The van der Waals surface area contributed by atoms with Gasteiger partial charge in [0.15, 0.2) is 11.6 Å². The van der Waals surface area contributed by atoms with Crippen LogP contribution < -0.4 is 4.74 Å². The van der Waals surface area contributed by atoms with Crippen LogP contribution in [-0.2, 0) is 11.3 Å². The number of halogens is 1. The third kappa shape index (κ3) is 2.90. The Morgan fingerprint density at radius 2 is 2.32 bits per heavy atom. The molecule has 1 heterocycles. The van der Waals surface area contributed by atoms with Crippen LogP contribution in [0.3, 0.4) is 0 Å². The van der Waals surface area contributed by atoms with Crippen molar-refractivity contribution < 1.29 is 19.0 Å². The smallest absolute Gasteiger partial charge is 0.305 e. The minimum atomic E-state index is -0.888. The van der Waals surface area contributed by atoms with E-state index in [9.17, 15) is 9.18 Å². The Morgan fingerprint density at radius 3 is 2.95 bits per heavy atom. The molecule has 0 atom stereocenters. The molecule has 1 aromatic carbocycles. The van der Waals surface area contributed by atoms with Gasteiger partial charge in [-0.1, -0.05) is 0 Å². The third-order valence-corrected chi connectivity index (χ3v) is 2.73. The van der Waals surface area contributed by atoms with Crippen LogP contribution in [0.4, 0.5) is 4.39 Å². The first kappa shape index (κ1) is 13.1. The Labute approximate surface area is 109 Å². The molecule has 100 valence electrons. The molecule has 0 saturated heterocycles. The van der Waals surface area contributed by atoms with Crippen molar-refractivity contribution in [3.8, 4) is 17.0 Å². The molecular weight excluding hydrogens is 251 g/mol. The van der Waals surface area contributed by atoms with Crippen LogP contribution in [0.15, 0.2) is 30.7 Å². The predicted octanol–water partition coefficient (Wildman–Crippen LogP) is 2.17. The molecule has 5 nitrogen and oxygen atoms in total. The summed E-state index contributed by atoms with van der Waals surface area (Å²) in [6, 6.07) is 4.57. The molecule has 0 aliphatic rings. The van der Waals surface area contributed by atoms with Gasteiger partial charge in [0.2, 0.25) is 0 Å². The van der Waals surface area contributed by atoms with Gasteiger partial charge in [-0.05, 0) is 18.2 Å². The number of carboxylic acid groups (broad SMARTS) is 1. The maximum absolute atomic E-state index is 13.6. The van der Waals surface area contributed by atoms with E-state index in [1.165, 1.54) is 25.6 Å². The number of aromatic nitrogens is 2.